The van der Waals surface area contributed by atoms with Gasteiger partial charge in [0.2, 0.25) is 0 Å². The summed E-state index contributed by atoms with van der Waals surface area (Å²) >= 11 is 0. The lowest BCUT2D eigenvalue weighted by Crippen LogP contribution is -2.41. The first kappa shape index (κ1) is 42.6. The van der Waals surface area contributed by atoms with Crippen LogP contribution in [0.25, 0.3) is 11.2 Å². The van der Waals surface area contributed by atoms with Crippen LogP contribution in [0, 0.1) is 26.4 Å². The van der Waals surface area contributed by atoms with Crippen LogP contribution >= 0.6 is 7.82 Å². The first-order valence-electron chi connectivity index (χ1n) is 18.1. The molecule has 1 unspecified atom stereocenters. The van der Waals surface area contributed by atoms with Crippen molar-refractivity contribution in [2.24, 2.45) is 0 Å². The highest BCUT2D eigenvalue weighted by atomic mass is 31.2. The number of amides is 1. The van der Waals surface area contributed by atoms with Crippen molar-refractivity contribution in [1.29, 1.82) is 0 Å². The number of carboxylic acids is 1. The zero-order valence-corrected chi connectivity index (χ0v) is 32.8. The Labute approximate surface area is 333 Å². The van der Waals surface area contributed by atoms with Crippen LogP contribution in [0.15, 0.2) is 77.7 Å². The molecule has 0 bridgehead atoms. The maximum atomic E-state index is 13.4. The Kier molecular flexibility index (Phi) is 14.4. The van der Waals surface area contributed by atoms with E-state index < -0.39 is 31.3 Å². The van der Waals surface area contributed by atoms with E-state index in [4.69, 9.17) is 15.5 Å². The second kappa shape index (κ2) is 19.6. The van der Waals surface area contributed by atoms with Gasteiger partial charge in [-0.05, 0) is 68.1 Å². The number of fused-ring (bicyclic) bond motifs is 1. The van der Waals surface area contributed by atoms with Gasteiger partial charge in [0, 0.05) is 36.1 Å². The average molecular weight is 809 g/mol. The summed E-state index contributed by atoms with van der Waals surface area (Å²) in [6.45, 7) is 5.30. The molecule has 2 atom stereocenters. The number of phosphoric acid groups is 1. The van der Waals surface area contributed by atoms with Crippen LogP contribution in [-0.2, 0) is 53.7 Å². The van der Waals surface area contributed by atoms with Crippen LogP contribution in [0.2, 0.25) is 0 Å². The van der Waals surface area contributed by atoms with Crippen molar-refractivity contribution in [2.45, 2.75) is 65.6 Å². The summed E-state index contributed by atoms with van der Waals surface area (Å²) < 4.78 is 27.4. The van der Waals surface area contributed by atoms with Gasteiger partial charge in [0.25, 0.3) is 11.5 Å². The molecule has 2 heterocycles. The summed E-state index contributed by atoms with van der Waals surface area (Å²) in [5.74, 6) is -2.02. The smallest absolute Gasteiger partial charge is 0.480 e. The number of hydrogen-bond donors (Lipinski definition) is 4. The van der Waals surface area contributed by atoms with Gasteiger partial charge >= 0.3 is 13.8 Å². The third-order valence-corrected chi connectivity index (χ3v) is 10.0. The van der Waals surface area contributed by atoms with Crippen molar-refractivity contribution in [2.75, 3.05) is 11.9 Å². The van der Waals surface area contributed by atoms with E-state index in [0.29, 0.717) is 39.5 Å². The lowest BCUT2D eigenvalue weighted by Gasteiger charge is -2.15. The molecule has 5 rings (SSSR count). The van der Waals surface area contributed by atoms with E-state index in [2.05, 4.69) is 35.1 Å². The Morgan fingerprint density at radius 1 is 0.966 bits per heavy atom. The number of ketones is 2. The molecule has 300 valence electrons. The van der Waals surface area contributed by atoms with Crippen LogP contribution in [0.5, 0.6) is 0 Å². The molecular formula is C41H41N6O10P. The van der Waals surface area contributed by atoms with Gasteiger partial charge in [-0.2, -0.15) is 0 Å². The number of H-pyrrole nitrogens is 1. The normalized spacial score (nSPS) is 12.5. The summed E-state index contributed by atoms with van der Waals surface area (Å²) in [6.07, 6.45) is 8.01. The van der Waals surface area contributed by atoms with Crippen LogP contribution in [-0.4, -0.2) is 61.1 Å². The highest BCUT2D eigenvalue weighted by Crippen LogP contribution is 2.49. The number of nitrogens with zero attached hydrogens (tertiary/aromatic N) is 3. The van der Waals surface area contributed by atoms with Crippen LogP contribution in [0.1, 0.15) is 74.3 Å². The summed E-state index contributed by atoms with van der Waals surface area (Å²) in [5.41, 5.74) is 4.34. The van der Waals surface area contributed by atoms with Gasteiger partial charge in [0.15, 0.2) is 16.9 Å². The predicted octanol–water partition coefficient (Wildman–Crippen LogP) is 5.41. The Hall–Kier alpha value is -6.53. The van der Waals surface area contributed by atoms with Gasteiger partial charge in [-0.1, -0.05) is 54.5 Å². The minimum Gasteiger partial charge on any atom is -0.480 e. The van der Waals surface area contributed by atoms with Crippen LogP contribution < -0.4 is 16.2 Å². The number of rotatable bonds is 20. The second-order valence-corrected chi connectivity index (χ2v) is 14.8. The van der Waals surface area contributed by atoms with Crippen molar-refractivity contribution < 1.29 is 42.4 Å². The van der Waals surface area contributed by atoms with E-state index in [1.807, 2.05) is 13.0 Å². The lowest BCUT2D eigenvalue weighted by molar-refractivity contribution is -0.139. The molecular weight excluding hydrogens is 767 g/mol. The van der Waals surface area contributed by atoms with Gasteiger partial charge in [0.1, 0.15) is 23.8 Å². The van der Waals surface area contributed by atoms with Gasteiger partial charge in [0.05, 0.1) is 31.6 Å². The Bertz CT molecular complexity index is 2460. The third-order valence-electron chi connectivity index (χ3n) is 8.70. The summed E-state index contributed by atoms with van der Waals surface area (Å²) in [7, 11) is -3.91. The molecule has 0 aliphatic rings. The van der Waals surface area contributed by atoms with E-state index in [0.717, 1.165) is 5.56 Å². The fourth-order valence-corrected chi connectivity index (χ4v) is 6.76. The fourth-order valence-electron chi connectivity index (χ4n) is 5.83. The maximum absolute atomic E-state index is 13.4. The van der Waals surface area contributed by atoms with E-state index in [-0.39, 0.29) is 73.7 Å². The molecule has 0 saturated carbocycles. The van der Waals surface area contributed by atoms with Crippen molar-refractivity contribution >= 4 is 48.1 Å². The number of carboxylic acid groups (broad SMARTS) is 1. The van der Waals surface area contributed by atoms with E-state index in [9.17, 15) is 33.6 Å². The quantitative estimate of drug-likeness (QED) is 0.0438. The number of aliphatic carboxylic acids is 1. The molecule has 0 aliphatic heterocycles. The molecule has 3 aromatic carbocycles. The predicted molar refractivity (Wildman–Crippen MR) is 213 cm³/mol. The molecule has 5 aromatic rings. The highest BCUT2D eigenvalue weighted by Gasteiger charge is 2.27. The van der Waals surface area contributed by atoms with E-state index in [1.54, 1.807) is 68.4 Å². The molecule has 16 nitrogen and oxygen atoms in total. The number of terminal acetylenes is 1. The fraction of sp³-hybridized carbons (Fsp3) is 0.268. The molecule has 0 fully saturated rings. The Balaban J connectivity index is 1.13. The molecule has 58 heavy (non-hydrogen) atoms. The molecule has 0 saturated heterocycles. The number of aryl methyl sites for hydroxylation is 2. The number of Topliss-reactive ketones (excluding diaryl/α,β-unsaturated/α-hetero) is 2. The number of carbonyl (C=O) groups excluding carboxylic acids is 3. The zero-order chi connectivity index (χ0) is 41.8. The van der Waals surface area contributed by atoms with E-state index >= 15 is 0 Å². The molecule has 2 aromatic heterocycles. The van der Waals surface area contributed by atoms with Gasteiger partial charge in [-0.3, -0.25) is 28.2 Å². The monoisotopic (exact) mass is 808 g/mol. The topological polar surface area (TPSA) is 229 Å². The molecule has 0 aliphatic carbocycles. The molecule has 0 radical (unpaired) electrons. The first-order chi connectivity index (χ1) is 27.7. The summed E-state index contributed by atoms with van der Waals surface area (Å²) in [4.78, 5) is 79.2. The SMILES string of the molecule is C#COP(=O)(OCC)OCc1ccc(CC(=O)c2ccc(C)cc2CC(=O)CC[C@H](NC(=O)c2ccc(NCc3cnc4nc(C)[nH]c(=O)c4n3)cc2)C(=O)O)cc1. The lowest BCUT2D eigenvalue weighted by atomic mass is 9.93. The number of aromatic amines is 1. The summed E-state index contributed by atoms with van der Waals surface area (Å²) in [5, 5.41) is 15.5. The Morgan fingerprint density at radius 3 is 2.38 bits per heavy atom. The number of carbonyl (C=O) groups is 4. The highest BCUT2D eigenvalue weighted by molar-refractivity contribution is 7.48. The number of hydrogen-bond acceptors (Lipinski definition) is 13. The maximum Gasteiger partial charge on any atom is 0.538 e. The Morgan fingerprint density at radius 2 is 1.69 bits per heavy atom. The summed E-state index contributed by atoms with van der Waals surface area (Å²) in [6, 6.07) is 17.0. The molecule has 1 amide bonds. The van der Waals surface area contributed by atoms with Gasteiger partial charge in [-0.15, -0.1) is 0 Å². The number of nitrogens with one attached hydrogen (secondary N) is 3. The number of benzene rings is 3. The standard InChI is InChI=1S/C41H41N6O10P/c1-5-55-58(54,56-6-2)57-24-28-10-8-27(9-11-28)20-36(49)34-17-7-25(3)19-30(34)21-33(48)16-18-35(41(52)53)47-39(50)29-12-14-31(15-13-29)42-22-32-23-43-38-37(46-32)40(51)45-26(4)44-38/h1,7-15,17,19,23,35,42H,6,16,18,20-22,24H2,2-4H3,(H,47,50)(H,52,53)(H,43,44,45,51)/t35-,58?/m0/s1. The van der Waals surface area contributed by atoms with Crippen molar-refractivity contribution in [3.05, 3.63) is 128 Å². The van der Waals surface area contributed by atoms with Crippen molar-refractivity contribution in [1.82, 2.24) is 25.3 Å². The first-order valence-corrected chi connectivity index (χ1v) is 19.6. The average Bonchev–Trinajstić information content (AvgIpc) is 3.18. The molecule has 4 N–H and O–H groups in total. The third kappa shape index (κ3) is 11.7. The second-order valence-electron chi connectivity index (χ2n) is 13.2. The van der Waals surface area contributed by atoms with Gasteiger partial charge < -0.3 is 25.2 Å². The minimum absolute atomic E-state index is 0.0340. The van der Waals surface area contributed by atoms with Crippen molar-refractivity contribution in [3.63, 3.8) is 0 Å². The van der Waals surface area contributed by atoms with Gasteiger partial charge in [-0.25, -0.2) is 24.3 Å². The van der Waals surface area contributed by atoms with Crippen LogP contribution in [0.4, 0.5) is 5.69 Å². The largest absolute Gasteiger partial charge is 0.538 e. The zero-order valence-electron chi connectivity index (χ0n) is 31.9. The number of anilines is 1. The molecule has 0 spiro atoms. The van der Waals surface area contributed by atoms with Crippen LogP contribution in [0.3, 0.4) is 0 Å². The van der Waals surface area contributed by atoms with E-state index in [1.165, 1.54) is 18.3 Å². The minimum atomic E-state index is -3.91. The molecule has 17 heteroatoms. The van der Waals surface area contributed by atoms with Crippen molar-refractivity contribution in [3.8, 4) is 12.5 Å². The number of aromatic nitrogens is 4. The number of phosphoric ester groups is 1.